The van der Waals surface area contributed by atoms with Crippen LogP contribution < -0.4 is 5.73 Å². The van der Waals surface area contributed by atoms with Gasteiger partial charge in [0.05, 0.1) is 4.99 Å². The molecule has 1 amide bonds. The molecule has 1 heterocycles. The minimum atomic E-state index is -0.0585. The molecule has 5 heteroatoms. The Kier molecular flexibility index (Phi) is 3.47. The molecule has 0 saturated heterocycles. The molecule has 1 aliphatic carbocycles. The molecule has 17 heavy (non-hydrogen) atoms. The summed E-state index contributed by atoms with van der Waals surface area (Å²) in [6, 6.07) is 3.85. The molecule has 1 saturated carbocycles. The molecule has 0 unspecified atom stereocenters. The maximum atomic E-state index is 12.2. The van der Waals surface area contributed by atoms with Crippen LogP contribution in [0, 0.1) is 6.92 Å². The number of nitrogens with two attached hydrogens (primary N) is 1. The first-order chi connectivity index (χ1) is 8.08. The van der Waals surface area contributed by atoms with E-state index in [0.717, 1.165) is 18.6 Å². The van der Waals surface area contributed by atoms with E-state index in [9.17, 15) is 4.79 Å². The third kappa shape index (κ3) is 3.06. The van der Waals surface area contributed by atoms with Crippen LogP contribution in [0.15, 0.2) is 16.5 Å². The number of aryl methyl sites for hydroxylation is 1. The number of furan rings is 1. The van der Waals surface area contributed by atoms with Gasteiger partial charge in [0, 0.05) is 19.0 Å². The first kappa shape index (κ1) is 12.1. The predicted octanol–water partition coefficient (Wildman–Crippen LogP) is 1.87. The Morgan fingerprint density at radius 3 is 2.76 bits per heavy atom. The summed E-state index contributed by atoms with van der Waals surface area (Å²) in [7, 11) is 0. The number of carbonyl (C=O) groups is 1. The van der Waals surface area contributed by atoms with Gasteiger partial charge in [-0.1, -0.05) is 12.2 Å². The fraction of sp³-hybridized carbons (Fsp3) is 0.500. The van der Waals surface area contributed by atoms with E-state index in [-0.39, 0.29) is 5.91 Å². The Labute approximate surface area is 106 Å². The van der Waals surface area contributed by atoms with Crippen LogP contribution in [0.1, 0.15) is 35.6 Å². The predicted molar refractivity (Wildman–Crippen MR) is 68.9 cm³/mol. The number of carbonyl (C=O) groups excluding carboxylic acids is 1. The molecular weight excluding hydrogens is 236 g/mol. The van der Waals surface area contributed by atoms with Gasteiger partial charge in [-0.2, -0.15) is 0 Å². The topological polar surface area (TPSA) is 59.5 Å². The molecule has 92 valence electrons. The molecule has 1 fully saturated rings. The Morgan fingerprint density at radius 1 is 1.59 bits per heavy atom. The van der Waals surface area contributed by atoms with Crippen molar-refractivity contribution in [3.05, 3.63) is 23.7 Å². The highest BCUT2D eigenvalue weighted by Crippen LogP contribution is 2.28. The maximum Gasteiger partial charge on any atom is 0.289 e. The fourth-order valence-electron chi connectivity index (χ4n) is 1.76. The maximum absolute atomic E-state index is 12.2. The Bertz CT molecular complexity index is 437. The van der Waals surface area contributed by atoms with Crippen molar-refractivity contribution < 1.29 is 9.21 Å². The number of thiocarbonyl (C=S) groups is 1. The summed E-state index contributed by atoms with van der Waals surface area (Å²) in [5.41, 5.74) is 5.47. The second-order valence-electron chi connectivity index (χ2n) is 4.36. The van der Waals surface area contributed by atoms with Crippen LogP contribution in [-0.4, -0.2) is 28.4 Å². The molecule has 0 aliphatic heterocycles. The number of hydrogen-bond donors (Lipinski definition) is 1. The van der Waals surface area contributed by atoms with Crippen LogP contribution in [-0.2, 0) is 0 Å². The van der Waals surface area contributed by atoms with E-state index < -0.39 is 0 Å². The minimum Gasteiger partial charge on any atom is -0.456 e. The fourth-order valence-corrected chi connectivity index (χ4v) is 1.85. The highest BCUT2D eigenvalue weighted by molar-refractivity contribution is 7.80. The van der Waals surface area contributed by atoms with Crippen LogP contribution in [0.5, 0.6) is 0 Å². The van der Waals surface area contributed by atoms with Crippen LogP contribution >= 0.6 is 12.2 Å². The second kappa shape index (κ2) is 4.87. The highest BCUT2D eigenvalue weighted by atomic mass is 32.1. The van der Waals surface area contributed by atoms with Crippen molar-refractivity contribution in [2.45, 2.75) is 32.2 Å². The SMILES string of the molecule is Cc1ccc(C(=O)N(CCC(N)=S)C2CC2)o1. The first-order valence-electron chi connectivity index (χ1n) is 5.73. The van der Waals surface area contributed by atoms with E-state index in [4.69, 9.17) is 22.4 Å². The Morgan fingerprint density at radius 2 is 2.29 bits per heavy atom. The lowest BCUT2D eigenvalue weighted by Crippen LogP contribution is -2.35. The number of nitrogens with zero attached hydrogens (tertiary/aromatic N) is 1. The zero-order valence-corrected chi connectivity index (χ0v) is 10.6. The van der Waals surface area contributed by atoms with Crippen molar-refractivity contribution in [3.8, 4) is 0 Å². The van der Waals surface area contributed by atoms with Gasteiger partial charge in [0.25, 0.3) is 5.91 Å². The average Bonchev–Trinajstić information content (AvgIpc) is 3.00. The first-order valence-corrected chi connectivity index (χ1v) is 6.14. The van der Waals surface area contributed by atoms with Gasteiger partial charge in [0.2, 0.25) is 0 Å². The molecule has 1 aromatic heterocycles. The van der Waals surface area contributed by atoms with Crippen molar-refractivity contribution in [2.24, 2.45) is 5.73 Å². The second-order valence-corrected chi connectivity index (χ2v) is 4.88. The van der Waals surface area contributed by atoms with Gasteiger partial charge >= 0.3 is 0 Å². The molecule has 0 atom stereocenters. The van der Waals surface area contributed by atoms with Gasteiger partial charge in [0.1, 0.15) is 5.76 Å². The lowest BCUT2D eigenvalue weighted by atomic mass is 10.3. The smallest absolute Gasteiger partial charge is 0.289 e. The number of rotatable bonds is 5. The molecule has 4 nitrogen and oxygen atoms in total. The largest absolute Gasteiger partial charge is 0.456 e. The molecular formula is C12H16N2O2S. The molecule has 2 N–H and O–H groups in total. The van der Waals surface area contributed by atoms with E-state index in [1.54, 1.807) is 12.1 Å². The molecule has 0 spiro atoms. The normalized spacial score (nSPS) is 14.6. The third-order valence-electron chi connectivity index (χ3n) is 2.80. The summed E-state index contributed by atoms with van der Waals surface area (Å²) in [5, 5.41) is 0. The summed E-state index contributed by atoms with van der Waals surface area (Å²) < 4.78 is 5.36. The molecule has 0 bridgehead atoms. The number of amides is 1. The van der Waals surface area contributed by atoms with E-state index in [1.807, 2.05) is 11.8 Å². The third-order valence-corrected chi connectivity index (χ3v) is 3.00. The van der Waals surface area contributed by atoms with Crippen molar-refractivity contribution in [1.29, 1.82) is 0 Å². The number of hydrogen-bond acceptors (Lipinski definition) is 3. The highest BCUT2D eigenvalue weighted by Gasteiger charge is 2.33. The average molecular weight is 252 g/mol. The van der Waals surface area contributed by atoms with Crippen molar-refractivity contribution in [1.82, 2.24) is 4.90 Å². The Hall–Kier alpha value is -1.36. The van der Waals surface area contributed by atoms with Crippen molar-refractivity contribution in [3.63, 3.8) is 0 Å². The summed E-state index contributed by atoms with van der Waals surface area (Å²) in [6.45, 7) is 2.41. The summed E-state index contributed by atoms with van der Waals surface area (Å²) in [4.78, 5) is 14.5. The van der Waals surface area contributed by atoms with Crippen LogP contribution in [0.25, 0.3) is 0 Å². The molecule has 1 aromatic rings. The van der Waals surface area contributed by atoms with Crippen LogP contribution in [0.4, 0.5) is 0 Å². The summed E-state index contributed by atoms with van der Waals surface area (Å²) in [5.74, 6) is 1.09. The molecule has 0 aromatic carbocycles. The van der Waals surface area contributed by atoms with E-state index in [2.05, 4.69) is 0 Å². The molecule has 1 aliphatic rings. The molecule has 2 rings (SSSR count). The standard InChI is InChI=1S/C12H16N2O2S/c1-8-2-5-10(16-8)12(15)14(9-3-4-9)7-6-11(13)17/h2,5,9H,3-4,6-7H2,1H3,(H2,13,17). The van der Waals surface area contributed by atoms with Gasteiger partial charge in [-0.25, -0.2) is 0 Å². The lowest BCUT2D eigenvalue weighted by Gasteiger charge is -2.20. The molecule has 0 radical (unpaired) electrons. The minimum absolute atomic E-state index is 0.0585. The Balaban J connectivity index is 2.05. The van der Waals surface area contributed by atoms with E-state index >= 15 is 0 Å². The summed E-state index contributed by atoms with van der Waals surface area (Å²) >= 11 is 4.84. The van der Waals surface area contributed by atoms with Crippen molar-refractivity contribution in [2.75, 3.05) is 6.54 Å². The monoisotopic (exact) mass is 252 g/mol. The zero-order chi connectivity index (χ0) is 12.4. The van der Waals surface area contributed by atoms with Gasteiger partial charge in [-0.15, -0.1) is 0 Å². The van der Waals surface area contributed by atoms with Gasteiger partial charge < -0.3 is 15.1 Å². The van der Waals surface area contributed by atoms with Gasteiger partial charge in [0.15, 0.2) is 5.76 Å². The van der Waals surface area contributed by atoms with Gasteiger partial charge in [-0.05, 0) is 31.9 Å². The summed E-state index contributed by atoms with van der Waals surface area (Å²) in [6.07, 6.45) is 2.68. The van der Waals surface area contributed by atoms with Gasteiger partial charge in [-0.3, -0.25) is 4.79 Å². The zero-order valence-electron chi connectivity index (χ0n) is 9.81. The quantitative estimate of drug-likeness (QED) is 0.813. The van der Waals surface area contributed by atoms with Crippen LogP contribution in [0.2, 0.25) is 0 Å². The van der Waals surface area contributed by atoms with E-state index in [0.29, 0.717) is 29.8 Å². The van der Waals surface area contributed by atoms with Crippen molar-refractivity contribution >= 4 is 23.1 Å². The van der Waals surface area contributed by atoms with E-state index in [1.165, 1.54) is 0 Å². The van der Waals surface area contributed by atoms with Crippen LogP contribution in [0.3, 0.4) is 0 Å². The lowest BCUT2D eigenvalue weighted by molar-refractivity contribution is 0.0714.